The first-order chi connectivity index (χ1) is 5.22. The van der Waals surface area contributed by atoms with Crippen LogP contribution in [0.3, 0.4) is 0 Å². The Bertz CT molecular complexity index is 132. The third-order valence-electron chi connectivity index (χ3n) is 1.04. The smallest absolute Gasteiger partial charge is 0.335 e. The molecule has 0 aromatic carbocycles. The van der Waals surface area contributed by atoms with Gasteiger partial charge in [0.15, 0.2) is 12.4 Å². The molecule has 0 aliphatic carbocycles. The third-order valence-corrected chi connectivity index (χ3v) is 1.04. The zero-order chi connectivity index (χ0) is 8.69. The van der Waals surface area contributed by atoms with Crippen molar-refractivity contribution in [3.05, 3.63) is 0 Å². The van der Waals surface area contributed by atoms with E-state index >= 15 is 0 Å². The number of ether oxygens (including phenoxy) is 2. The topological polar surface area (TPSA) is 52.6 Å². The SMILES string of the molecule is CCOC(C)C(=O)OCC=O. The Kier molecular flexibility index (Phi) is 5.37. The summed E-state index contributed by atoms with van der Waals surface area (Å²) in [6.45, 7) is 3.62. The van der Waals surface area contributed by atoms with Crippen molar-refractivity contribution in [1.82, 2.24) is 0 Å². The Hall–Kier alpha value is -0.900. The van der Waals surface area contributed by atoms with Gasteiger partial charge in [-0.1, -0.05) is 0 Å². The summed E-state index contributed by atoms with van der Waals surface area (Å²) >= 11 is 0. The van der Waals surface area contributed by atoms with Crippen LogP contribution in [0.1, 0.15) is 13.8 Å². The summed E-state index contributed by atoms with van der Waals surface area (Å²) in [7, 11) is 0. The quantitative estimate of drug-likeness (QED) is 0.424. The molecule has 1 atom stereocenters. The molecule has 4 heteroatoms. The minimum atomic E-state index is -0.583. The maximum absolute atomic E-state index is 10.8. The number of hydrogen-bond acceptors (Lipinski definition) is 4. The molecule has 11 heavy (non-hydrogen) atoms. The van der Waals surface area contributed by atoms with Crippen LogP contribution < -0.4 is 0 Å². The van der Waals surface area contributed by atoms with E-state index in [2.05, 4.69) is 4.74 Å². The average molecular weight is 160 g/mol. The number of hydrogen-bond donors (Lipinski definition) is 0. The van der Waals surface area contributed by atoms with E-state index < -0.39 is 12.1 Å². The van der Waals surface area contributed by atoms with E-state index in [1.165, 1.54) is 0 Å². The van der Waals surface area contributed by atoms with Gasteiger partial charge >= 0.3 is 5.97 Å². The predicted molar refractivity (Wildman–Crippen MR) is 38.1 cm³/mol. The monoisotopic (exact) mass is 160 g/mol. The minimum Gasteiger partial charge on any atom is -0.456 e. The van der Waals surface area contributed by atoms with Crippen LogP contribution in [0.25, 0.3) is 0 Å². The summed E-state index contributed by atoms with van der Waals surface area (Å²) in [5, 5.41) is 0. The lowest BCUT2D eigenvalue weighted by Crippen LogP contribution is -2.23. The Balaban J connectivity index is 3.54. The van der Waals surface area contributed by atoms with Crippen LogP contribution in [-0.4, -0.2) is 31.6 Å². The molecule has 0 rings (SSSR count). The second-order valence-electron chi connectivity index (χ2n) is 1.89. The molecule has 0 aliphatic heterocycles. The summed E-state index contributed by atoms with van der Waals surface area (Å²) in [4.78, 5) is 20.6. The molecule has 0 N–H and O–H groups in total. The van der Waals surface area contributed by atoms with Gasteiger partial charge in [-0.25, -0.2) is 4.79 Å². The number of carbonyl (C=O) groups excluding carboxylic acids is 2. The average Bonchev–Trinajstić information content (AvgIpc) is 2.00. The van der Waals surface area contributed by atoms with E-state index in [1.807, 2.05) is 0 Å². The van der Waals surface area contributed by atoms with Crippen molar-refractivity contribution in [2.24, 2.45) is 0 Å². The van der Waals surface area contributed by atoms with Crippen LogP contribution in [0.15, 0.2) is 0 Å². The lowest BCUT2D eigenvalue weighted by atomic mass is 10.4. The van der Waals surface area contributed by atoms with Crippen molar-refractivity contribution in [2.45, 2.75) is 20.0 Å². The molecule has 1 unspecified atom stereocenters. The van der Waals surface area contributed by atoms with E-state index in [0.717, 1.165) is 0 Å². The molecule has 0 spiro atoms. The fourth-order valence-electron chi connectivity index (χ4n) is 0.552. The predicted octanol–water partition coefficient (Wildman–Crippen LogP) is 0.153. The van der Waals surface area contributed by atoms with Gasteiger partial charge < -0.3 is 9.47 Å². The van der Waals surface area contributed by atoms with Gasteiger partial charge in [0, 0.05) is 6.61 Å². The number of carbonyl (C=O) groups is 2. The zero-order valence-corrected chi connectivity index (χ0v) is 6.70. The summed E-state index contributed by atoms with van der Waals surface area (Å²) in [6, 6.07) is 0. The highest BCUT2D eigenvalue weighted by Gasteiger charge is 2.12. The molecule has 0 heterocycles. The second-order valence-corrected chi connectivity index (χ2v) is 1.89. The molecule has 0 aromatic rings. The first-order valence-electron chi connectivity index (χ1n) is 3.44. The van der Waals surface area contributed by atoms with Gasteiger partial charge in [-0.3, -0.25) is 4.79 Å². The largest absolute Gasteiger partial charge is 0.456 e. The molecule has 0 fully saturated rings. The van der Waals surface area contributed by atoms with Crippen molar-refractivity contribution in [3.8, 4) is 0 Å². The summed E-state index contributed by atoms with van der Waals surface area (Å²) in [6.07, 6.45) is -0.0590. The molecule has 0 amide bonds. The fraction of sp³-hybridized carbons (Fsp3) is 0.714. The number of rotatable bonds is 5. The molecule has 0 aliphatic rings. The highest BCUT2D eigenvalue weighted by atomic mass is 16.6. The number of esters is 1. The normalized spacial score (nSPS) is 12.2. The first kappa shape index (κ1) is 10.1. The Labute approximate surface area is 65.5 Å². The van der Waals surface area contributed by atoms with Crippen molar-refractivity contribution in [3.63, 3.8) is 0 Å². The molecule has 0 aromatic heterocycles. The minimum absolute atomic E-state index is 0.198. The van der Waals surface area contributed by atoms with E-state index in [4.69, 9.17) is 4.74 Å². The highest BCUT2D eigenvalue weighted by Crippen LogP contribution is 1.92. The first-order valence-corrected chi connectivity index (χ1v) is 3.44. The van der Waals surface area contributed by atoms with E-state index in [9.17, 15) is 9.59 Å². The van der Waals surface area contributed by atoms with Crippen LogP contribution in [0.4, 0.5) is 0 Å². The lowest BCUT2D eigenvalue weighted by molar-refractivity contribution is -0.156. The Morgan fingerprint density at radius 1 is 1.64 bits per heavy atom. The van der Waals surface area contributed by atoms with Gasteiger partial charge in [0.25, 0.3) is 0 Å². The van der Waals surface area contributed by atoms with Crippen LogP contribution in [0, 0.1) is 0 Å². The van der Waals surface area contributed by atoms with Gasteiger partial charge in [-0.15, -0.1) is 0 Å². The van der Waals surface area contributed by atoms with Crippen molar-refractivity contribution < 1.29 is 19.1 Å². The molecule has 64 valence electrons. The lowest BCUT2D eigenvalue weighted by Gasteiger charge is -2.08. The number of aldehydes is 1. The zero-order valence-electron chi connectivity index (χ0n) is 6.70. The molecular formula is C7H12O4. The van der Waals surface area contributed by atoms with Crippen LogP contribution in [0.2, 0.25) is 0 Å². The van der Waals surface area contributed by atoms with Gasteiger partial charge in [-0.05, 0) is 13.8 Å². The summed E-state index contributed by atoms with van der Waals surface area (Å²) in [5.74, 6) is -0.501. The molecule has 0 saturated heterocycles. The maximum Gasteiger partial charge on any atom is 0.335 e. The van der Waals surface area contributed by atoms with Crippen LogP contribution in [0.5, 0.6) is 0 Å². The molecule has 0 saturated carbocycles. The highest BCUT2D eigenvalue weighted by molar-refractivity contribution is 5.75. The molecular weight excluding hydrogens is 148 g/mol. The second kappa shape index (κ2) is 5.85. The van der Waals surface area contributed by atoms with Crippen LogP contribution in [-0.2, 0) is 19.1 Å². The Morgan fingerprint density at radius 3 is 2.73 bits per heavy atom. The van der Waals surface area contributed by atoms with Crippen molar-refractivity contribution in [2.75, 3.05) is 13.2 Å². The fourth-order valence-corrected chi connectivity index (χ4v) is 0.552. The van der Waals surface area contributed by atoms with Crippen molar-refractivity contribution in [1.29, 1.82) is 0 Å². The summed E-state index contributed by atoms with van der Waals surface area (Å²) in [5.41, 5.74) is 0. The third kappa shape index (κ3) is 4.50. The summed E-state index contributed by atoms with van der Waals surface area (Å²) < 4.78 is 9.38. The molecule has 0 radical (unpaired) electrons. The van der Waals surface area contributed by atoms with E-state index in [1.54, 1.807) is 13.8 Å². The van der Waals surface area contributed by atoms with Gasteiger partial charge in [0.2, 0.25) is 0 Å². The Morgan fingerprint density at radius 2 is 2.27 bits per heavy atom. The maximum atomic E-state index is 10.8. The van der Waals surface area contributed by atoms with Crippen molar-refractivity contribution >= 4 is 12.3 Å². The molecule has 0 bridgehead atoms. The molecule has 4 nitrogen and oxygen atoms in total. The van der Waals surface area contributed by atoms with E-state index in [0.29, 0.717) is 12.9 Å². The van der Waals surface area contributed by atoms with Crippen LogP contribution >= 0.6 is 0 Å². The standard InChI is InChI=1S/C7H12O4/c1-3-10-6(2)7(9)11-5-4-8/h4,6H,3,5H2,1-2H3. The van der Waals surface area contributed by atoms with E-state index in [-0.39, 0.29) is 6.61 Å². The van der Waals surface area contributed by atoms with Gasteiger partial charge in [0.05, 0.1) is 0 Å². The van der Waals surface area contributed by atoms with Gasteiger partial charge in [-0.2, -0.15) is 0 Å². The van der Waals surface area contributed by atoms with Gasteiger partial charge in [0.1, 0.15) is 6.61 Å².